The van der Waals surface area contributed by atoms with Gasteiger partial charge in [0.15, 0.2) is 0 Å². The average Bonchev–Trinajstić information content (AvgIpc) is 2.77. The van der Waals surface area contributed by atoms with Crippen LogP contribution in [0, 0.1) is 18.8 Å². The summed E-state index contributed by atoms with van der Waals surface area (Å²) in [6.45, 7) is 4.20. The highest BCUT2D eigenvalue weighted by Gasteiger charge is 2.53. The smallest absolute Gasteiger partial charge is 0.224 e. The van der Waals surface area contributed by atoms with E-state index in [0.29, 0.717) is 24.3 Å². The molecule has 2 unspecified atom stereocenters. The van der Waals surface area contributed by atoms with Gasteiger partial charge >= 0.3 is 0 Å². The van der Waals surface area contributed by atoms with Gasteiger partial charge in [-0.15, -0.1) is 12.4 Å². The quantitative estimate of drug-likeness (QED) is 0.866. The van der Waals surface area contributed by atoms with Gasteiger partial charge in [-0.25, -0.2) is 0 Å². The van der Waals surface area contributed by atoms with E-state index in [9.17, 15) is 4.79 Å². The summed E-state index contributed by atoms with van der Waals surface area (Å²) in [5.74, 6) is 1.54. The molecule has 1 saturated heterocycles. The lowest BCUT2D eigenvalue weighted by Crippen LogP contribution is -2.33. The molecule has 3 rings (SSSR count). The summed E-state index contributed by atoms with van der Waals surface area (Å²) in [7, 11) is 0. The van der Waals surface area contributed by atoms with Crippen LogP contribution in [0.2, 0.25) is 0 Å². The minimum Gasteiger partial charge on any atom is -0.352 e. The van der Waals surface area contributed by atoms with E-state index in [0.717, 1.165) is 18.7 Å². The Morgan fingerprint density at radius 3 is 2.50 bits per heavy atom. The number of carbonyl (C=O) groups is 1. The lowest BCUT2D eigenvalue weighted by Gasteiger charge is -2.07. The number of nitrogens with one attached hydrogen (secondary N) is 2. The standard InChI is InChI=1S/C14H18N2O.ClH/c1-9-2-4-10(5-3-9)6-13(17)16-14-11-7-15-8-12(11)14;/h2-5,11-12,14-15H,6-8H2,1H3,(H,16,17);1H. The number of halogens is 1. The van der Waals surface area contributed by atoms with Gasteiger partial charge in [-0.05, 0) is 24.3 Å². The van der Waals surface area contributed by atoms with E-state index in [-0.39, 0.29) is 18.3 Å². The summed E-state index contributed by atoms with van der Waals surface area (Å²) in [4.78, 5) is 11.8. The molecule has 2 aliphatic rings. The molecular weight excluding hydrogens is 248 g/mol. The molecule has 18 heavy (non-hydrogen) atoms. The van der Waals surface area contributed by atoms with Gasteiger partial charge in [0.2, 0.25) is 5.91 Å². The lowest BCUT2D eigenvalue weighted by atomic mass is 10.1. The second kappa shape index (κ2) is 5.29. The Hall–Kier alpha value is -1.06. The highest BCUT2D eigenvalue weighted by molar-refractivity contribution is 5.85. The van der Waals surface area contributed by atoms with Crippen LogP contribution in [0.4, 0.5) is 0 Å². The van der Waals surface area contributed by atoms with E-state index >= 15 is 0 Å². The Kier molecular flexibility index (Phi) is 3.93. The minimum absolute atomic E-state index is 0. The summed E-state index contributed by atoms with van der Waals surface area (Å²) in [5, 5.41) is 6.47. The van der Waals surface area contributed by atoms with Crippen LogP contribution in [0.15, 0.2) is 24.3 Å². The van der Waals surface area contributed by atoms with Gasteiger partial charge in [-0.2, -0.15) is 0 Å². The number of amides is 1. The molecule has 1 aliphatic heterocycles. The van der Waals surface area contributed by atoms with Crippen LogP contribution in [0.25, 0.3) is 0 Å². The topological polar surface area (TPSA) is 41.1 Å². The van der Waals surface area contributed by atoms with Crippen molar-refractivity contribution >= 4 is 18.3 Å². The van der Waals surface area contributed by atoms with Crippen molar-refractivity contribution in [3.8, 4) is 0 Å². The maximum atomic E-state index is 11.8. The van der Waals surface area contributed by atoms with Crippen LogP contribution in [0.1, 0.15) is 11.1 Å². The van der Waals surface area contributed by atoms with Crippen molar-refractivity contribution in [3.63, 3.8) is 0 Å². The summed E-state index contributed by atoms with van der Waals surface area (Å²) < 4.78 is 0. The van der Waals surface area contributed by atoms with E-state index in [2.05, 4.69) is 29.7 Å². The molecule has 0 aromatic heterocycles. The van der Waals surface area contributed by atoms with Gasteiger partial charge in [-0.1, -0.05) is 29.8 Å². The molecule has 2 fully saturated rings. The Morgan fingerprint density at radius 2 is 1.89 bits per heavy atom. The first-order valence-corrected chi connectivity index (χ1v) is 6.29. The Morgan fingerprint density at radius 1 is 1.28 bits per heavy atom. The molecular formula is C14H19ClN2O. The fraction of sp³-hybridized carbons (Fsp3) is 0.500. The molecule has 0 radical (unpaired) electrons. The van der Waals surface area contributed by atoms with E-state index in [4.69, 9.17) is 0 Å². The van der Waals surface area contributed by atoms with Gasteiger partial charge in [0.25, 0.3) is 0 Å². The van der Waals surface area contributed by atoms with Crippen molar-refractivity contribution in [2.45, 2.75) is 19.4 Å². The van der Waals surface area contributed by atoms with Crippen molar-refractivity contribution in [2.24, 2.45) is 11.8 Å². The van der Waals surface area contributed by atoms with E-state index in [1.807, 2.05) is 12.1 Å². The van der Waals surface area contributed by atoms with E-state index in [1.54, 1.807) is 0 Å². The van der Waals surface area contributed by atoms with Gasteiger partial charge in [-0.3, -0.25) is 4.79 Å². The lowest BCUT2D eigenvalue weighted by molar-refractivity contribution is -0.120. The van der Waals surface area contributed by atoms with Gasteiger partial charge in [0, 0.05) is 19.1 Å². The van der Waals surface area contributed by atoms with E-state index in [1.165, 1.54) is 5.56 Å². The molecule has 2 N–H and O–H groups in total. The van der Waals surface area contributed by atoms with Crippen molar-refractivity contribution in [1.29, 1.82) is 0 Å². The second-order valence-electron chi connectivity index (χ2n) is 5.24. The molecule has 98 valence electrons. The predicted molar refractivity (Wildman–Crippen MR) is 73.9 cm³/mol. The number of hydrogen-bond acceptors (Lipinski definition) is 2. The van der Waals surface area contributed by atoms with Gasteiger partial charge < -0.3 is 10.6 Å². The number of rotatable bonds is 3. The van der Waals surface area contributed by atoms with Gasteiger partial charge in [0.1, 0.15) is 0 Å². The van der Waals surface area contributed by atoms with Crippen molar-refractivity contribution in [2.75, 3.05) is 13.1 Å². The maximum absolute atomic E-state index is 11.8. The fourth-order valence-corrected chi connectivity index (χ4v) is 2.76. The molecule has 2 atom stereocenters. The number of aryl methyl sites for hydroxylation is 1. The molecule has 0 spiro atoms. The molecule has 3 nitrogen and oxygen atoms in total. The molecule has 0 bridgehead atoms. The van der Waals surface area contributed by atoms with Crippen LogP contribution in [0.5, 0.6) is 0 Å². The number of carbonyl (C=O) groups excluding carboxylic acids is 1. The zero-order chi connectivity index (χ0) is 11.8. The molecule has 1 aliphatic carbocycles. The summed E-state index contributed by atoms with van der Waals surface area (Å²) in [6.07, 6.45) is 0.504. The van der Waals surface area contributed by atoms with Crippen LogP contribution in [-0.2, 0) is 11.2 Å². The predicted octanol–water partition coefficient (Wildman–Crippen LogP) is 1.29. The average molecular weight is 267 g/mol. The number of piperidine rings is 1. The third kappa shape index (κ3) is 2.68. The minimum atomic E-state index is 0. The zero-order valence-electron chi connectivity index (χ0n) is 10.5. The first kappa shape index (κ1) is 13.4. The third-order valence-corrected chi connectivity index (χ3v) is 3.90. The molecule has 1 aromatic rings. The fourth-order valence-electron chi connectivity index (χ4n) is 2.76. The Bertz CT molecular complexity index is 422. The largest absolute Gasteiger partial charge is 0.352 e. The van der Waals surface area contributed by atoms with E-state index < -0.39 is 0 Å². The highest BCUT2D eigenvalue weighted by atomic mass is 35.5. The maximum Gasteiger partial charge on any atom is 0.224 e. The molecule has 1 aromatic carbocycles. The number of fused-ring (bicyclic) bond motifs is 1. The van der Waals surface area contributed by atoms with Crippen molar-refractivity contribution in [3.05, 3.63) is 35.4 Å². The van der Waals surface area contributed by atoms with Crippen LogP contribution < -0.4 is 10.6 Å². The number of hydrogen-bond donors (Lipinski definition) is 2. The first-order valence-electron chi connectivity index (χ1n) is 6.29. The zero-order valence-corrected chi connectivity index (χ0v) is 11.3. The van der Waals surface area contributed by atoms with Crippen LogP contribution in [-0.4, -0.2) is 25.0 Å². The number of benzene rings is 1. The summed E-state index contributed by atoms with van der Waals surface area (Å²) in [6, 6.07) is 8.61. The molecule has 4 heteroatoms. The summed E-state index contributed by atoms with van der Waals surface area (Å²) >= 11 is 0. The first-order chi connectivity index (χ1) is 8.24. The molecule has 1 amide bonds. The van der Waals surface area contributed by atoms with Crippen LogP contribution >= 0.6 is 12.4 Å². The molecule has 1 heterocycles. The highest BCUT2D eigenvalue weighted by Crippen LogP contribution is 2.41. The van der Waals surface area contributed by atoms with Gasteiger partial charge in [0.05, 0.1) is 6.42 Å². The SMILES string of the molecule is Cc1ccc(CC(=O)NC2C3CNCC32)cc1.Cl. The summed E-state index contributed by atoms with van der Waals surface area (Å²) in [5.41, 5.74) is 2.33. The molecule has 1 saturated carbocycles. The van der Waals surface area contributed by atoms with Crippen molar-refractivity contribution < 1.29 is 4.79 Å². The monoisotopic (exact) mass is 266 g/mol. The Labute approximate surface area is 114 Å². The van der Waals surface area contributed by atoms with Crippen molar-refractivity contribution in [1.82, 2.24) is 10.6 Å². The third-order valence-electron chi connectivity index (χ3n) is 3.90. The normalized spacial score (nSPS) is 28.2. The Balaban J connectivity index is 0.00000120. The van der Waals surface area contributed by atoms with Crippen LogP contribution in [0.3, 0.4) is 0 Å². The second-order valence-corrected chi connectivity index (χ2v) is 5.24.